The van der Waals surface area contributed by atoms with E-state index in [4.69, 9.17) is 33.9 Å². The molecule has 12 nitrogen and oxygen atoms in total. The predicted molar refractivity (Wildman–Crippen MR) is 201 cm³/mol. The molecule has 0 spiro atoms. The van der Waals surface area contributed by atoms with Crippen molar-refractivity contribution in [2.75, 3.05) is 50.2 Å². The van der Waals surface area contributed by atoms with Gasteiger partial charge in [-0.2, -0.15) is 0 Å². The summed E-state index contributed by atoms with van der Waals surface area (Å²) in [4.78, 5) is 20.8. The third kappa shape index (κ3) is 18.2. The number of nitrogens with zero attached hydrogens (tertiary/aromatic N) is 2. The molecule has 2 aromatic rings. The number of ether oxygens (including phenoxy) is 2. The second-order valence-electron chi connectivity index (χ2n) is 12.2. The molecule has 14 heteroatoms. The van der Waals surface area contributed by atoms with Crippen molar-refractivity contribution in [1.29, 1.82) is 0 Å². The lowest BCUT2D eigenvalue weighted by atomic mass is 9.86. The van der Waals surface area contributed by atoms with E-state index in [0.717, 1.165) is 12.8 Å². The summed E-state index contributed by atoms with van der Waals surface area (Å²) in [5, 5.41) is 34.8. The lowest BCUT2D eigenvalue weighted by Crippen LogP contribution is -2.35. The minimum absolute atomic E-state index is 0.0223. The van der Waals surface area contributed by atoms with Gasteiger partial charge in [0, 0.05) is 54.1 Å². The molecule has 0 bridgehead atoms. The van der Waals surface area contributed by atoms with Crippen LogP contribution in [0, 0.1) is 25.6 Å². The Morgan fingerprint density at radius 3 is 1.42 bits per heavy atom. The van der Waals surface area contributed by atoms with Gasteiger partial charge in [0.25, 0.3) is 11.4 Å². The highest BCUT2D eigenvalue weighted by molar-refractivity contribution is 7.80. The maximum absolute atomic E-state index is 10.8. The number of nitrogens with one attached hydrogen (secondary N) is 4. The number of non-ortho nitro benzene ring substituents is 2. The Bertz CT molecular complexity index is 1170. The fourth-order valence-electron chi connectivity index (χ4n) is 5.02. The highest BCUT2D eigenvalue weighted by atomic mass is 32.1. The van der Waals surface area contributed by atoms with Crippen molar-refractivity contribution in [2.24, 2.45) is 5.41 Å². The number of nitro benzene ring substituents is 2. The van der Waals surface area contributed by atoms with E-state index in [1.807, 2.05) is 0 Å². The van der Waals surface area contributed by atoms with Gasteiger partial charge in [0.1, 0.15) is 0 Å². The molecule has 0 amide bonds. The first-order valence-electron chi connectivity index (χ1n) is 16.9. The molecule has 2 aromatic carbocycles. The quantitative estimate of drug-likeness (QED) is 0.0342. The summed E-state index contributed by atoms with van der Waals surface area (Å²) in [6.45, 7) is 7.47. The molecule has 0 saturated carbocycles. The van der Waals surface area contributed by atoms with E-state index in [1.165, 1.54) is 82.1 Å². The van der Waals surface area contributed by atoms with Crippen molar-refractivity contribution >= 4 is 57.4 Å². The van der Waals surface area contributed by atoms with Gasteiger partial charge in [0.05, 0.1) is 36.3 Å². The standard InChI is InChI=1S/C34H52N6O6S2/c1-3-4-5-6-7-8-9-10-11-12-21-34(2,26-45-24-22-35-32(47)37-28-13-17-30(18-14-28)39(41)42)27-46-25-23-36-33(48)38-29-15-19-31(20-16-29)40(43)44/h13-20H,3-12,21-27H2,1-2H3,(H2,35,37,47)(H2,36,38,48). The number of hydrogen-bond acceptors (Lipinski definition) is 8. The van der Waals surface area contributed by atoms with Crippen molar-refractivity contribution in [1.82, 2.24) is 10.6 Å². The van der Waals surface area contributed by atoms with Crippen molar-refractivity contribution in [3.63, 3.8) is 0 Å². The summed E-state index contributed by atoms with van der Waals surface area (Å²) in [5.74, 6) is 0. The molecule has 0 saturated heterocycles. The fraction of sp³-hybridized carbons (Fsp3) is 0.588. The van der Waals surface area contributed by atoms with E-state index >= 15 is 0 Å². The van der Waals surface area contributed by atoms with Gasteiger partial charge >= 0.3 is 0 Å². The summed E-state index contributed by atoms with van der Waals surface area (Å²) < 4.78 is 12.2. The molecule has 0 atom stereocenters. The molecule has 0 aliphatic carbocycles. The van der Waals surface area contributed by atoms with Gasteiger partial charge in [-0.15, -0.1) is 0 Å². The number of rotatable bonds is 25. The average Bonchev–Trinajstić information content (AvgIpc) is 3.06. The molecule has 0 unspecified atom stereocenters. The van der Waals surface area contributed by atoms with Gasteiger partial charge in [-0.25, -0.2) is 0 Å². The van der Waals surface area contributed by atoms with E-state index < -0.39 is 9.85 Å². The topological polar surface area (TPSA) is 153 Å². The van der Waals surface area contributed by atoms with Crippen LogP contribution in [0.2, 0.25) is 0 Å². The van der Waals surface area contributed by atoms with Crippen molar-refractivity contribution in [2.45, 2.75) is 84.5 Å². The van der Waals surface area contributed by atoms with Crippen LogP contribution in [-0.2, 0) is 9.47 Å². The lowest BCUT2D eigenvalue weighted by Gasteiger charge is -2.29. The van der Waals surface area contributed by atoms with E-state index in [9.17, 15) is 20.2 Å². The van der Waals surface area contributed by atoms with Crippen LogP contribution in [0.3, 0.4) is 0 Å². The van der Waals surface area contributed by atoms with Crippen LogP contribution in [0.25, 0.3) is 0 Å². The van der Waals surface area contributed by atoms with Gasteiger partial charge in [-0.1, -0.05) is 78.1 Å². The zero-order chi connectivity index (χ0) is 35.0. The van der Waals surface area contributed by atoms with Crippen molar-refractivity contribution < 1.29 is 19.3 Å². The van der Waals surface area contributed by atoms with Crippen LogP contribution in [0.4, 0.5) is 22.7 Å². The summed E-state index contributed by atoms with van der Waals surface area (Å²) in [6.07, 6.45) is 13.8. The molecule has 0 heterocycles. The Hall–Kier alpha value is -3.46. The molecule has 2 rings (SSSR count). The number of nitro groups is 2. The highest BCUT2D eigenvalue weighted by Crippen LogP contribution is 2.26. The molecular formula is C34H52N6O6S2. The number of anilines is 2. The van der Waals surface area contributed by atoms with Crippen molar-refractivity contribution in [3.05, 3.63) is 68.8 Å². The largest absolute Gasteiger partial charge is 0.379 e. The van der Waals surface area contributed by atoms with Crippen LogP contribution >= 0.6 is 24.4 Å². The first kappa shape index (κ1) is 40.7. The van der Waals surface area contributed by atoms with Crippen LogP contribution in [0.5, 0.6) is 0 Å². The summed E-state index contributed by atoms with van der Waals surface area (Å²) in [5.41, 5.74) is 1.22. The molecular weight excluding hydrogens is 653 g/mol. The molecule has 0 fully saturated rings. The summed E-state index contributed by atoms with van der Waals surface area (Å²) in [7, 11) is 0. The smallest absolute Gasteiger partial charge is 0.269 e. The van der Waals surface area contributed by atoms with E-state index in [2.05, 4.69) is 35.1 Å². The minimum atomic E-state index is -0.441. The van der Waals surface area contributed by atoms with Gasteiger partial charge in [0.15, 0.2) is 10.2 Å². The van der Waals surface area contributed by atoms with Gasteiger partial charge in [0.2, 0.25) is 0 Å². The zero-order valence-electron chi connectivity index (χ0n) is 28.3. The molecule has 4 N–H and O–H groups in total. The first-order chi connectivity index (χ1) is 23.1. The summed E-state index contributed by atoms with van der Waals surface area (Å²) >= 11 is 10.7. The monoisotopic (exact) mass is 704 g/mol. The Morgan fingerprint density at radius 2 is 1.04 bits per heavy atom. The van der Waals surface area contributed by atoms with E-state index in [0.29, 0.717) is 61.1 Å². The Morgan fingerprint density at radius 1 is 0.667 bits per heavy atom. The zero-order valence-corrected chi connectivity index (χ0v) is 29.9. The number of hydrogen-bond donors (Lipinski definition) is 4. The minimum Gasteiger partial charge on any atom is -0.379 e. The van der Waals surface area contributed by atoms with Crippen LogP contribution < -0.4 is 21.3 Å². The second-order valence-corrected chi connectivity index (χ2v) is 13.0. The van der Waals surface area contributed by atoms with Gasteiger partial charge in [-0.3, -0.25) is 20.2 Å². The van der Waals surface area contributed by atoms with E-state index in [-0.39, 0.29) is 16.8 Å². The third-order valence-electron chi connectivity index (χ3n) is 7.77. The lowest BCUT2D eigenvalue weighted by molar-refractivity contribution is -0.385. The number of unbranched alkanes of at least 4 members (excludes halogenated alkanes) is 9. The number of benzene rings is 2. The molecule has 48 heavy (non-hydrogen) atoms. The predicted octanol–water partition coefficient (Wildman–Crippen LogP) is 8.13. The Kier molecular flexibility index (Phi) is 20.2. The SMILES string of the molecule is CCCCCCCCCCCCC(C)(COCCNC(=S)Nc1ccc([N+](=O)[O-])cc1)COCCNC(=S)Nc1ccc([N+](=O)[O-])cc1. The second kappa shape index (κ2) is 23.8. The van der Waals surface area contributed by atoms with E-state index in [1.54, 1.807) is 24.3 Å². The van der Waals surface area contributed by atoms with Gasteiger partial charge in [-0.05, 0) is 55.1 Å². The first-order valence-corrected chi connectivity index (χ1v) is 17.7. The van der Waals surface area contributed by atoms with Gasteiger partial charge < -0.3 is 30.7 Å². The Labute approximate surface area is 295 Å². The number of thiocarbonyl (C=S) groups is 2. The third-order valence-corrected chi connectivity index (χ3v) is 8.26. The Balaban J connectivity index is 1.72. The summed E-state index contributed by atoms with van der Waals surface area (Å²) in [6, 6.07) is 12.1. The van der Waals surface area contributed by atoms with Crippen LogP contribution in [-0.4, -0.2) is 59.6 Å². The molecule has 266 valence electrons. The average molecular weight is 705 g/mol. The van der Waals surface area contributed by atoms with Crippen molar-refractivity contribution in [3.8, 4) is 0 Å². The normalized spacial score (nSPS) is 11.1. The molecule has 0 aromatic heterocycles. The molecule has 0 radical (unpaired) electrons. The highest BCUT2D eigenvalue weighted by Gasteiger charge is 2.25. The molecule has 0 aliphatic heterocycles. The maximum atomic E-state index is 10.8. The molecule has 0 aliphatic rings. The maximum Gasteiger partial charge on any atom is 0.269 e. The fourth-order valence-corrected chi connectivity index (χ4v) is 5.46. The van der Waals surface area contributed by atoms with Crippen LogP contribution in [0.15, 0.2) is 48.5 Å². The van der Waals surface area contributed by atoms with Crippen LogP contribution in [0.1, 0.15) is 84.5 Å².